The third kappa shape index (κ3) is 4.75. The molecule has 2 amide bonds. The van der Waals surface area contributed by atoms with Crippen molar-refractivity contribution in [1.82, 2.24) is 14.8 Å². The molecule has 0 aliphatic heterocycles. The number of amides is 2. The minimum absolute atomic E-state index is 0.250. The summed E-state index contributed by atoms with van der Waals surface area (Å²) in [5.74, 6) is 0. The van der Waals surface area contributed by atoms with Crippen molar-refractivity contribution in [2.75, 3.05) is 24.4 Å². The minimum Gasteiger partial charge on any atom is -0.383 e. The first kappa shape index (κ1) is 21.4. The Balaban J connectivity index is 1.49. The van der Waals surface area contributed by atoms with Crippen LogP contribution >= 0.6 is 0 Å². The number of hydrogen-bond donors (Lipinski definition) is 3. The molecule has 32 heavy (non-hydrogen) atoms. The van der Waals surface area contributed by atoms with E-state index >= 15 is 0 Å². The second-order valence-electron chi connectivity index (χ2n) is 7.10. The van der Waals surface area contributed by atoms with Gasteiger partial charge in [-0.05, 0) is 42.0 Å². The summed E-state index contributed by atoms with van der Waals surface area (Å²) >= 11 is 0. The number of nitrogens with zero attached hydrogens (tertiary/aromatic N) is 2. The zero-order valence-corrected chi connectivity index (χ0v) is 17.0. The van der Waals surface area contributed by atoms with Gasteiger partial charge in [-0.2, -0.15) is 18.3 Å². The van der Waals surface area contributed by atoms with Gasteiger partial charge in [-0.3, -0.25) is 4.68 Å². The van der Waals surface area contributed by atoms with Crippen LogP contribution in [0.4, 0.5) is 29.3 Å². The summed E-state index contributed by atoms with van der Waals surface area (Å²) in [6, 6.07) is 9.45. The average molecular weight is 443 g/mol. The van der Waals surface area contributed by atoms with E-state index in [-0.39, 0.29) is 5.69 Å². The van der Waals surface area contributed by atoms with E-state index in [1.807, 2.05) is 24.4 Å². The molecule has 4 aromatic rings. The predicted molar refractivity (Wildman–Crippen MR) is 115 cm³/mol. The summed E-state index contributed by atoms with van der Waals surface area (Å²) in [6.45, 7) is 1.19. The summed E-state index contributed by atoms with van der Waals surface area (Å²) in [4.78, 5) is 15.5. The Morgan fingerprint density at radius 1 is 1.12 bits per heavy atom. The highest BCUT2D eigenvalue weighted by Crippen LogP contribution is 2.31. The molecule has 0 saturated carbocycles. The van der Waals surface area contributed by atoms with E-state index in [2.05, 4.69) is 20.7 Å². The lowest BCUT2D eigenvalue weighted by molar-refractivity contribution is -0.137. The fourth-order valence-corrected chi connectivity index (χ4v) is 3.25. The van der Waals surface area contributed by atoms with Gasteiger partial charge in [0.2, 0.25) is 0 Å². The first-order chi connectivity index (χ1) is 15.3. The third-order valence-corrected chi connectivity index (χ3v) is 4.89. The molecule has 0 atom stereocenters. The molecule has 0 aliphatic rings. The average Bonchev–Trinajstić information content (AvgIpc) is 3.39. The molecule has 166 valence electrons. The first-order valence-electron chi connectivity index (χ1n) is 9.71. The number of anilines is 2. The minimum atomic E-state index is -4.43. The van der Waals surface area contributed by atoms with E-state index in [0.29, 0.717) is 18.8 Å². The number of benzene rings is 2. The molecule has 0 fully saturated rings. The fourth-order valence-electron chi connectivity index (χ4n) is 3.25. The Morgan fingerprint density at radius 2 is 1.91 bits per heavy atom. The molecule has 0 bridgehead atoms. The van der Waals surface area contributed by atoms with Gasteiger partial charge in [0, 0.05) is 41.7 Å². The molecule has 7 nitrogen and oxygen atoms in total. The maximum atomic E-state index is 12.7. The molecule has 4 rings (SSSR count). The molecule has 0 unspecified atom stereocenters. The zero-order chi connectivity index (χ0) is 22.7. The van der Waals surface area contributed by atoms with Crippen LogP contribution in [0.1, 0.15) is 5.56 Å². The number of rotatable bonds is 6. The van der Waals surface area contributed by atoms with Gasteiger partial charge in [0.1, 0.15) is 0 Å². The van der Waals surface area contributed by atoms with Crippen molar-refractivity contribution in [1.29, 1.82) is 0 Å². The maximum absolute atomic E-state index is 12.7. The van der Waals surface area contributed by atoms with Crippen molar-refractivity contribution in [3.63, 3.8) is 0 Å². The van der Waals surface area contributed by atoms with E-state index in [1.54, 1.807) is 24.2 Å². The highest BCUT2D eigenvalue weighted by molar-refractivity contribution is 6.06. The smallest absolute Gasteiger partial charge is 0.383 e. The van der Waals surface area contributed by atoms with Crippen molar-refractivity contribution >= 4 is 28.3 Å². The van der Waals surface area contributed by atoms with Gasteiger partial charge in [-0.15, -0.1) is 0 Å². The number of alkyl halides is 3. The van der Waals surface area contributed by atoms with Gasteiger partial charge >= 0.3 is 12.2 Å². The highest BCUT2D eigenvalue weighted by Gasteiger charge is 2.30. The van der Waals surface area contributed by atoms with Crippen LogP contribution in [0, 0.1) is 0 Å². The molecular weight excluding hydrogens is 423 g/mol. The number of methoxy groups -OCH3 is 1. The van der Waals surface area contributed by atoms with Gasteiger partial charge in [0.15, 0.2) is 0 Å². The number of nitrogens with one attached hydrogen (secondary N) is 3. The Hall–Kier alpha value is -3.79. The second-order valence-corrected chi connectivity index (χ2v) is 7.10. The largest absolute Gasteiger partial charge is 0.416 e. The fraction of sp³-hybridized carbons (Fsp3) is 0.182. The maximum Gasteiger partial charge on any atom is 0.416 e. The van der Waals surface area contributed by atoms with Crippen LogP contribution < -0.4 is 10.6 Å². The Labute approximate surface area is 181 Å². The van der Waals surface area contributed by atoms with E-state index in [1.165, 1.54) is 12.1 Å². The molecule has 0 saturated heterocycles. The van der Waals surface area contributed by atoms with Gasteiger partial charge in [-0.1, -0.05) is 6.07 Å². The summed E-state index contributed by atoms with van der Waals surface area (Å²) in [5, 5.41) is 10.4. The molecule has 2 heterocycles. The van der Waals surface area contributed by atoms with E-state index in [0.717, 1.165) is 34.2 Å². The van der Waals surface area contributed by atoms with Crippen LogP contribution in [0.25, 0.3) is 22.0 Å². The van der Waals surface area contributed by atoms with Gasteiger partial charge in [0.05, 0.1) is 30.6 Å². The summed E-state index contributed by atoms with van der Waals surface area (Å²) in [5.41, 5.74) is 2.68. The number of aromatic amines is 1. The number of carbonyl (C=O) groups is 1. The van der Waals surface area contributed by atoms with Crippen molar-refractivity contribution in [3.8, 4) is 11.1 Å². The molecule has 0 radical (unpaired) electrons. The molecule has 0 spiro atoms. The van der Waals surface area contributed by atoms with Crippen LogP contribution in [0.15, 0.2) is 61.1 Å². The zero-order valence-electron chi connectivity index (χ0n) is 17.0. The standard InChI is InChI=1S/C22H20F3N5O2/c1-32-9-8-30-13-15(11-27-30)14-2-7-19-18(10-14)20(12-26-19)29-21(31)28-17-5-3-16(4-6-17)22(23,24)25/h2-7,10-13,26H,8-9H2,1H3,(H2,28,29,31). The van der Waals surface area contributed by atoms with Crippen molar-refractivity contribution < 1.29 is 22.7 Å². The summed E-state index contributed by atoms with van der Waals surface area (Å²) < 4.78 is 44.9. The molecule has 10 heteroatoms. The number of halogens is 3. The van der Waals surface area contributed by atoms with Crippen molar-refractivity contribution in [2.45, 2.75) is 12.7 Å². The lowest BCUT2D eigenvalue weighted by Crippen LogP contribution is -2.19. The van der Waals surface area contributed by atoms with Crippen LogP contribution in [0.2, 0.25) is 0 Å². The van der Waals surface area contributed by atoms with Gasteiger partial charge < -0.3 is 20.4 Å². The monoisotopic (exact) mass is 443 g/mol. The van der Waals surface area contributed by atoms with Crippen LogP contribution in [-0.2, 0) is 17.5 Å². The van der Waals surface area contributed by atoms with E-state index < -0.39 is 17.8 Å². The Morgan fingerprint density at radius 3 is 2.62 bits per heavy atom. The van der Waals surface area contributed by atoms with Crippen LogP contribution in [0.5, 0.6) is 0 Å². The Bertz CT molecular complexity index is 1230. The number of aromatic nitrogens is 3. The molecule has 2 aromatic heterocycles. The van der Waals surface area contributed by atoms with Crippen molar-refractivity contribution in [3.05, 3.63) is 66.6 Å². The number of hydrogen-bond acceptors (Lipinski definition) is 3. The number of urea groups is 1. The SMILES string of the molecule is COCCn1cc(-c2ccc3[nH]cc(NC(=O)Nc4ccc(C(F)(F)F)cc4)c3c2)cn1. The second kappa shape index (κ2) is 8.75. The summed E-state index contributed by atoms with van der Waals surface area (Å²) in [7, 11) is 1.63. The summed E-state index contributed by atoms with van der Waals surface area (Å²) in [6.07, 6.45) is 0.900. The molecular formula is C22H20F3N5O2. The highest BCUT2D eigenvalue weighted by atomic mass is 19.4. The number of H-pyrrole nitrogens is 1. The lowest BCUT2D eigenvalue weighted by atomic mass is 10.1. The third-order valence-electron chi connectivity index (χ3n) is 4.89. The van der Waals surface area contributed by atoms with Crippen LogP contribution in [-0.4, -0.2) is 34.5 Å². The van der Waals surface area contributed by atoms with E-state index in [4.69, 9.17) is 4.74 Å². The first-order valence-corrected chi connectivity index (χ1v) is 9.71. The van der Waals surface area contributed by atoms with Gasteiger partial charge in [-0.25, -0.2) is 4.79 Å². The molecule has 0 aliphatic carbocycles. The van der Waals surface area contributed by atoms with Crippen LogP contribution in [0.3, 0.4) is 0 Å². The topological polar surface area (TPSA) is 84.0 Å². The lowest BCUT2D eigenvalue weighted by Gasteiger charge is -2.09. The van der Waals surface area contributed by atoms with Gasteiger partial charge in [0.25, 0.3) is 0 Å². The molecule has 2 aromatic carbocycles. The predicted octanol–water partition coefficient (Wildman–Crippen LogP) is 5.34. The molecule has 3 N–H and O–H groups in total. The number of ether oxygens (including phenoxy) is 1. The number of carbonyl (C=O) groups excluding carboxylic acids is 1. The number of fused-ring (bicyclic) bond motifs is 1. The Kier molecular flexibility index (Phi) is 5.87. The van der Waals surface area contributed by atoms with E-state index in [9.17, 15) is 18.0 Å². The quantitative estimate of drug-likeness (QED) is 0.376. The van der Waals surface area contributed by atoms with Crippen molar-refractivity contribution in [2.24, 2.45) is 0 Å². The normalized spacial score (nSPS) is 11.6.